The van der Waals surface area contributed by atoms with Crippen molar-refractivity contribution >= 4 is 40.3 Å². The normalized spacial score (nSPS) is 20.7. The number of imide groups is 2. The van der Waals surface area contributed by atoms with Crippen molar-refractivity contribution in [3.63, 3.8) is 0 Å². The molecule has 9 rings (SSSR count). The molecule has 1 aliphatic carbocycles. The second kappa shape index (κ2) is 13.4. The topological polar surface area (TPSA) is 160 Å². The van der Waals surface area contributed by atoms with Crippen LogP contribution in [0.5, 0.6) is 11.5 Å². The third-order valence-corrected chi connectivity index (χ3v) is 12.6. The van der Waals surface area contributed by atoms with E-state index in [1.54, 1.807) is 45.9 Å². The Balaban J connectivity index is 0.827. The quantitative estimate of drug-likeness (QED) is 0.276. The van der Waals surface area contributed by atoms with Gasteiger partial charge in [-0.15, -0.1) is 0 Å². The number of nitrogens with zero attached hydrogens (tertiary/aromatic N) is 5. The van der Waals surface area contributed by atoms with Gasteiger partial charge in [-0.2, -0.15) is 0 Å². The van der Waals surface area contributed by atoms with Crippen LogP contribution in [0.1, 0.15) is 80.7 Å². The summed E-state index contributed by atoms with van der Waals surface area (Å²) >= 11 is 0. The largest absolute Gasteiger partial charge is 0.496 e. The van der Waals surface area contributed by atoms with Crippen LogP contribution in [0, 0.1) is 11.3 Å². The van der Waals surface area contributed by atoms with Crippen LogP contribution in [0.3, 0.4) is 0 Å². The molecule has 6 heterocycles. The molecule has 2 aromatic heterocycles. The highest BCUT2D eigenvalue weighted by atomic mass is 16.5. The molecule has 1 N–H and O–H groups in total. The van der Waals surface area contributed by atoms with E-state index in [4.69, 9.17) is 9.47 Å². The molecular formula is C42H42N6O8. The fourth-order valence-electron chi connectivity index (χ4n) is 9.61. The number of fused-ring (bicyclic) bond motifs is 3. The maximum Gasteiger partial charge on any atom is 0.262 e. The van der Waals surface area contributed by atoms with Crippen molar-refractivity contribution in [2.45, 2.75) is 57.7 Å². The van der Waals surface area contributed by atoms with Gasteiger partial charge in [0.05, 0.1) is 30.7 Å². The van der Waals surface area contributed by atoms with Gasteiger partial charge in [0.1, 0.15) is 23.1 Å². The van der Waals surface area contributed by atoms with Crippen LogP contribution in [0.15, 0.2) is 53.7 Å². The molecule has 5 aliphatic rings. The maximum atomic E-state index is 14.0. The Morgan fingerprint density at radius 2 is 1.52 bits per heavy atom. The van der Waals surface area contributed by atoms with Gasteiger partial charge in [0.2, 0.25) is 11.8 Å². The summed E-state index contributed by atoms with van der Waals surface area (Å²) < 4.78 is 13.1. The van der Waals surface area contributed by atoms with Crippen LogP contribution in [0.2, 0.25) is 0 Å². The molecular weight excluding hydrogens is 716 g/mol. The molecule has 4 aliphatic heterocycles. The van der Waals surface area contributed by atoms with Gasteiger partial charge in [-0.05, 0) is 90.4 Å². The first-order valence-electron chi connectivity index (χ1n) is 19.1. The smallest absolute Gasteiger partial charge is 0.262 e. The summed E-state index contributed by atoms with van der Waals surface area (Å²) in [5, 5.41) is 3.49. The molecule has 1 unspecified atom stereocenters. The molecule has 2 aromatic carbocycles. The van der Waals surface area contributed by atoms with Crippen LogP contribution in [0.25, 0.3) is 21.9 Å². The van der Waals surface area contributed by atoms with Crippen LogP contribution in [-0.4, -0.2) is 93.7 Å². The summed E-state index contributed by atoms with van der Waals surface area (Å²) in [6.07, 6.45) is 9.36. The van der Waals surface area contributed by atoms with Crippen molar-refractivity contribution in [3.8, 4) is 22.6 Å². The van der Waals surface area contributed by atoms with Crippen LogP contribution in [-0.2, 0) is 29.7 Å². The highest BCUT2D eigenvalue weighted by Crippen LogP contribution is 2.48. The zero-order valence-corrected chi connectivity index (χ0v) is 31.6. The number of rotatable bonds is 7. The van der Waals surface area contributed by atoms with Crippen LogP contribution >= 0.6 is 0 Å². The summed E-state index contributed by atoms with van der Waals surface area (Å²) in [5.41, 5.74) is 4.56. The molecule has 0 bridgehead atoms. The minimum atomic E-state index is -0.974. The number of piperidine rings is 1. The molecule has 3 fully saturated rings. The van der Waals surface area contributed by atoms with E-state index in [9.17, 15) is 28.8 Å². The Hall–Kier alpha value is -5.89. The molecule has 14 nitrogen and oxygen atoms in total. The second-order valence-electron chi connectivity index (χ2n) is 16.0. The van der Waals surface area contributed by atoms with E-state index in [1.807, 2.05) is 29.2 Å². The first-order chi connectivity index (χ1) is 27.0. The molecule has 1 spiro atoms. The number of carbonyl (C=O) groups is 5. The monoisotopic (exact) mass is 758 g/mol. The Morgan fingerprint density at radius 1 is 0.875 bits per heavy atom. The van der Waals surface area contributed by atoms with Crippen LogP contribution in [0.4, 0.5) is 0 Å². The maximum absolute atomic E-state index is 14.0. The molecule has 1 saturated carbocycles. The van der Waals surface area contributed by atoms with Gasteiger partial charge in [-0.25, -0.2) is 0 Å². The third-order valence-electron chi connectivity index (χ3n) is 12.6. The van der Waals surface area contributed by atoms with E-state index in [2.05, 4.69) is 15.2 Å². The average molecular weight is 759 g/mol. The first kappa shape index (κ1) is 35.8. The number of hydrogen-bond acceptors (Lipinski definition) is 10. The highest BCUT2D eigenvalue weighted by molar-refractivity contribution is 6.23. The zero-order valence-electron chi connectivity index (χ0n) is 31.6. The lowest BCUT2D eigenvalue weighted by atomic mass is 9.65. The van der Waals surface area contributed by atoms with E-state index in [0.29, 0.717) is 65.7 Å². The van der Waals surface area contributed by atoms with Crippen molar-refractivity contribution in [2.24, 2.45) is 18.4 Å². The number of nitrogens with one attached hydrogen (secondary N) is 1. The van der Waals surface area contributed by atoms with E-state index >= 15 is 0 Å². The standard InChI is InChI=1S/C42H42N6O8/c1-45-20-31(27-8-11-43-16-30(27)38(45)51)24-14-33(55-2)36(34(15-24)56-3)41(54)47-21-42(22-47)9-6-23(7-10-42)17-46-18-25-12-28-29(13-26(25)19-46)40(53)48(39(28)52)32-4-5-35(49)44-37(32)50/h8,11-16,20,23,32H,4-7,9-10,17-19,21-22H2,1-3H3,(H,44,49,50). The number of benzene rings is 2. The molecule has 5 amide bonds. The molecule has 14 heteroatoms. The Bertz CT molecular complexity index is 2370. The number of aromatic nitrogens is 2. The number of aryl methyl sites for hydroxylation is 1. The van der Waals surface area contributed by atoms with Gasteiger partial charge in [-0.3, -0.25) is 48.9 Å². The Kier molecular flexibility index (Phi) is 8.56. The first-order valence-corrected chi connectivity index (χ1v) is 19.1. The van der Waals surface area contributed by atoms with Crippen molar-refractivity contribution in [1.29, 1.82) is 0 Å². The minimum Gasteiger partial charge on any atom is -0.496 e. The lowest BCUT2D eigenvalue weighted by Crippen LogP contribution is -2.59. The van der Waals surface area contributed by atoms with Crippen molar-refractivity contribution in [1.82, 2.24) is 29.6 Å². The van der Waals surface area contributed by atoms with Gasteiger partial charge in [0.25, 0.3) is 23.3 Å². The number of pyridine rings is 2. The number of carbonyl (C=O) groups excluding carboxylic acids is 5. The fourth-order valence-corrected chi connectivity index (χ4v) is 9.61. The summed E-state index contributed by atoms with van der Waals surface area (Å²) in [5.74, 6) is -0.788. The molecule has 2 saturated heterocycles. The zero-order chi connectivity index (χ0) is 39.0. The van der Waals surface area contributed by atoms with Gasteiger partial charge in [0, 0.05) is 75.8 Å². The molecule has 4 aromatic rings. The summed E-state index contributed by atoms with van der Waals surface area (Å²) in [4.78, 5) is 87.0. The van der Waals surface area contributed by atoms with Crippen molar-refractivity contribution < 1.29 is 33.4 Å². The van der Waals surface area contributed by atoms with Crippen molar-refractivity contribution in [3.05, 3.63) is 87.1 Å². The summed E-state index contributed by atoms with van der Waals surface area (Å²) in [6, 6.07) is 8.11. The van der Waals surface area contributed by atoms with E-state index in [1.165, 1.54) is 4.57 Å². The second-order valence-corrected chi connectivity index (χ2v) is 16.0. The number of hydrogen-bond donors (Lipinski definition) is 1. The number of likely N-dealkylation sites (tertiary alicyclic amines) is 1. The predicted molar refractivity (Wildman–Crippen MR) is 203 cm³/mol. The molecule has 288 valence electrons. The summed E-state index contributed by atoms with van der Waals surface area (Å²) in [7, 11) is 4.78. The van der Waals surface area contributed by atoms with E-state index < -0.39 is 29.7 Å². The van der Waals surface area contributed by atoms with Crippen molar-refractivity contribution in [2.75, 3.05) is 33.9 Å². The number of amides is 5. The third kappa shape index (κ3) is 5.76. The summed E-state index contributed by atoms with van der Waals surface area (Å²) in [6.45, 7) is 3.62. The van der Waals surface area contributed by atoms with Gasteiger partial charge < -0.3 is 18.9 Å². The van der Waals surface area contributed by atoms with Gasteiger partial charge >= 0.3 is 0 Å². The molecule has 0 radical (unpaired) electrons. The predicted octanol–water partition coefficient (Wildman–Crippen LogP) is 3.67. The Labute approximate surface area is 322 Å². The molecule has 1 atom stereocenters. The highest BCUT2D eigenvalue weighted by Gasteiger charge is 2.49. The number of methoxy groups -OCH3 is 2. The van der Waals surface area contributed by atoms with E-state index in [0.717, 1.165) is 64.8 Å². The fraction of sp³-hybridized carbons (Fsp3) is 0.405. The Morgan fingerprint density at radius 3 is 2.12 bits per heavy atom. The average Bonchev–Trinajstić information content (AvgIpc) is 3.69. The SMILES string of the molecule is COc1cc(-c2cn(C)c(=O)c3cnccc23)cc(OC)c1C(=O)N1CC2(CCC(CN3Cc4cc5c(cc4C3)C(=O)N(C3CCC(=O)NC3=O)C5=O)CC2)C1. The van der Waals surface area contributed by atoms with Gasteiger partial charge in [-0.1, -0.05) is 0 Å². The molecule has 56 heavy (non-hydrogen) atoms. The number of ether oxygens (including phenoxy) is 2. The lowest BCUT2D eigenvalue weighted by Gasteiger charge is -2.53. The minimum absolute atomic E-state index is 0.0816. The van der Waals surface area contributed by atoms with Gasteiger partial charge in [0.15, 0.2) is 0 Å². The van der Waals surface area contributed by atoms with Crippen LogP contribution < -0.4 is 20.3 Å². The lowest BCUT2D eigenvalue weighted by molar-refractivity contribution is -0.136. The van der Waals surface area contributed by atoms with E-state index in [-0.39, 0.29) is 29.7 Å².